The van der Waals surface area contributed by atoms with E-state index in [0.29, 0.717) is 43.2 Å². The van der Waals surface area contributed by atoms with E-state index < -0.39 is 15.6 Å². The van der Waals surface area contributed by atoms with Crippen molar-refractivity contribution in [3.05, 3.63) is 158 Å². The van der Waals surface area contributed by atoms with Crippen molar-refractivity contribution in [1.29, 1.82) is 0 Å². The Balaban J connectivity index is 1.34. The van der Waals surface area contributed by atoms with Gasteiger partial charge in [-0.25, -0.2) is 9.82 Å². The second-order valence-corrected chi connectivity index (χ2v) is 13.0. The van der Waals surface area contributed by atoms with E-state index in [1.165, 1.54) is 12.1 Å². The summed E-state index contributed by atoms with van der Waals surface area (Å²) in [6.45, 7) is 0. The van der Waals surface area contributed by atoms with Crippen LogP contribution in [0.2, 0.25) is 15.1 Å². The summed E-state index contributed by atoms with van der Waals surface area (Å²) in [5.74, 6) is 0.174. The fourth-order valence-corrected chi connectivity index (χ4v) is 6.42. The second kappa shape index (κ2) is 13.4. The van der Waals surface area contributed by atoms with Gasteiger partial charge in [0.25, 0.3) is 15.6 Å². The predicted molar refractivity (Wildman–Crippen MR) is 187 cm³/mol. The van der Waals surface area contributed by atoms with E-state index in [2.05, 4.69) is 15.1 Å². The molecule has 0 radical (unpaired) electrons. The molecule has 0 bridgehead atoms. The maximum Gasteiger partial charge on any atom is 0.280 e. The topological polar surface area (TPSA) is 105 Å². The number of para-hydroxylation sites is 3. The van der Waals surface area contributed by atoms with E-state index in [-0.39, 0.29) is 22.5 Å². The molecule has 0 saturated carbocycles. The summed E-state index contributed by atoms with van der Waals surface area (Å²) in [4.78, 5) is 25.2. The van der Waals surface area contributed by atoms with Crippen LogP contribution >= 0.6 is 34.8 Å². The third kappa shape index (κ3) is 6.78. The van der Waals surface area contributed by atoms with Gasteiger partial charge < -0.3 is 5.32 Å². The molecular formula is C34H24Cl3N5O3S. The summed E-state index contributed by atoms with van der Waals surface area (Å²) >= 11 is 19.0. The van der Waals surface area contributed by atoms with Gasteiger partial charge in [0.1, 0.15) is 5.82 Å². The Morgan fingerprint density at radius 1 is 0.761 bits per heavy atom. The Bertz CT molecular complexity index is 2250. The maximum absolute atomic E-state index is 13.7. The van der Waals surface area contributed by atoms with Crippen molar-refractivity contribution in [3.63, 3.8) is 0 Å². The molecular weight excluding hydrogens is 665 g/mol. The summed E-state index contributed by atoms with van der Waals surface area (Å²) in [7, 11) is -4.23. The van der Waals surface area contributed by atoms with Crippen LogP contribution in [0.3, 0.4) is 0 Å². The van der Waals surface area contributed by atoms with E-state index >= 15 is 0 Å². The molecule has 0 aliphatic heterocycles. The summed E-state index contributed by atoms with van der Waals surface area (Å²) < 4.78 is 28.2. The Morgan fingerprint density at radius 3 is 2.17 bits per heavy atom. The number of hydrogen-bond donors (Lipinski definition) is 2. The molecule has 12 heteroatoms. The molecule has 6 aromatic rings. The van der Waals surface area contributed by atoms with E-state index in [4.69, 9.17) is 39.8 Å². The van der Waals surface area contributed by atoms with Crippen LogP contribution in [0.15, 0.2) is 130 Å². The Kier molecular flexibility index (Phi) is 9.10. The third-order valence-corrected chi connectivity index (χ3v) is 9.34. The van der Waals surface area contributed by atoms with Crippen LogP contribution in [0.1, 0.15) is 17.0 Å². The van der Waals surface area contributed by atoms with Crippen LogP contribution in [-0.4, -0.2) is 24.3 Å². The van der Waals surface area contributed by atoms with E-state index in [9.17, 15) is 13.2 Å². The van der Waals surface area contributed by atoms with Gasteiger partial charge in [0.2, 0.25) is 0 Å². The first-order chi connectivity index (χ1) is 22.2. The van der Waals surface area contributed by atoms with Crippen molar-refractivity contribution < 1.29 is 8.42 Å². The zero-order valence-electron chi connectivity index (χ0n) is 23.9. The minimum atomic E-state index is -4.23. The van der Waals surface area contributed by atoms with E-state index in [0.717, 1.165) is 10.2 Å². The number of aliphatic imine (C=N–C) groups is 1. The van der Waals surface area contributed by atoms with Gasteiger partial charge in [-0.2, -0.15) is 13.1 Å². The molecule has 1 heterocycles. The Labute approximate surface area is 280 Å². The van der Waals surface area contributed by atoms with Crippen LogP contribution in [-0.2, 0) is 16.4 Å². The number of hydrogen-bond acceptors (Lipinski definition) is 6. The lowest BCUT2D eigenvalue weighted by molar-refractivity contribution is 0.592. The molecule has 0 fully saturated rings. The molecule has 5 aromatic carbocycles. The molecule has 8 nitrogen and oxygen atoms in total. The number of aromatic nitrogens is 2. The van der Waals surface area contributed by atoms with Crippen molar-refractivity contribution >= 4 is 79.0 Å². The number of rotatable bonds is 9. The number of nitrogens with one attached hydrogen (secondary N) is 2. The zero-order chi connectivity index (χ0) is 32.3. The third-order valence-electron chi connectivity index (χ3n) is 7.05. The van der Waals surface area contributed by atoms with Gasteiger partial charge >= 0.3 is 0 Å². The number of fused-ring (bicyclic) bond motifs is 1. The van der Waals surface area contributed by atoms with Crippen molar-refractivity contribution in [2.45, 2.75) is 11.3 Å². The summed E-state index contributed by atoms with van der Waals surface area (Å²) in [6, 6.07) is 32.5. The van der Waals surface area contributed by atoms with Crippen LogP contribution in [0, 0.1) is 0 Å². The molecule has 0 saturated heterocycles. The quantitative estimate of drug-likeness (QED) is 0.149. The second-order valence-electron chi connectivity index (χ2n) is 10.1. The lowest BCUT2D eigenvalue weighted by atomic mass is 10.1. The van der Waals surface area contributed by atoms with Crippen molar-refractivity contribution in [3.8, 4) is 0 Å². The summed E-state index contributed by atoms with van der Waals surface area (Å²) in [5.41, 5.74) is 3.00. The first-order valence-electron chi connectivity index (χ1n) is 13.9. The molecule has 0 spiro atoms. The smallest absolute Gasteiger partial charge is 0.280 e. The highest BCUT2D eigenvalue weighted by molar-refractivity contribution is 7.92. The molecule has 230 valence electrons. The highest BCUT2D eigenvalue weighted by atomic mass is 35.5. The van der Waals surface area contributed by atoms with Gasteiger partial charge in [0, 0.05) is 28.9 Å². The van der Waals surface area contributed by atoms with Crippen LogP contribution in [0.5, 0.6) is 0 Å². The maximum atomic E-state index is 13.7. The molecule has 0 unspecified atom stereocenters. The molecule has 0 aliphatic rings. The van der Waals surface area contributed by atoms with Gasteiger partial charge in [-0.05, 0) is 66.2 Å². The first kappa shape index (κ1) is 31.3. The normalized spacial score (nSPS) is 11.6. The largest absolute Gasteiger partial charge is 0.353 e. The number of nitrogens with zero attached hydrogens (tertiary/aromatic N) is 3. The van der Waals surface area contributed by atoms with Gasteiger partial charge in [-0.1, -0.05) is 89.4 Å². The predicted octanol–water partition coefficient (Wildman–Crippen LogP) is 8.37. The van der Waals surface area contributed by atoms with Gasteiger partial charge in [0.05, 0.1) is 37.2 Å². The average molecular weight is 689 g/mol. The van der Waals surface area contributed by atoms with Crippen molar-refractivity contribution in [1.82, 2.24) is 9.66 Å². The first-order valence-corrected chi connectivity index (χ1v) is 16.5. The summed E-state index contributed by atoms with van der Waals surface area (Å²) in [6.07, 6.45) is 1.69. The number of sulfonamides is 1. The SMILES string of the molecule is O=c1c2ccccc2nc(Cc2ccccc2Nc2c(Cl)cccc2Cl)n1NS(=O)(=O)c1ccc(N=Cc2ccccc2Cl)cc1. The van der Waals surface area contributed by atoms with Gasteiger partial charge in [-0.3, -0.25) is 9.79 Å². The molecule has 0 aliphatic carbocycles. The zero-order valence-corrected chi connectivity index (χ0v) is 26.9. The van der Waals surface area contributed by atoms with Crippen LogP contribution in [0.4, 0.5) is 17.1 Å². The number of anilines is 2. The minimum absolute atomic E-state index is 0.0642. The summed E-state index contributed by atoms with van der Waals surface area (Å²) in [5, 5.41) is 4.93. The van der Waals surface area contributed by atoms with E-state index in [1.54, 1.807) is 66.9 Å². The Morgan fingerprint density at radius 2 is 1.41 bits per heavy atom. The molecule has 46 heavy (non-hydrogen) atoms. The van der Waals surface area contributed by atoms with Crippen molar-refractivity contribution in [2.24, 2.45) is 4.99 Å². The van der Waals surface area contributed by atoms with Gasteiger partial charge in [-0.15, -0.1) is 0 Å². The van der Waals surface area contributed by atoms with Crippen LogP contribution in [0.25, 0.3) is 10.9 Å². The molecule has 0 amide bonds. The molecule has 2 N–H and O–H groups in total. The monoisotopic (exact) mass is 687 g/mol. The fraction of sp³-hybridized carbons (Fsp3) is 0.0294. The highest BCUT2D eigenvalue weighted by Gasteiger charge is 2.20. The average Bonchev–Trinajstić information content (AvgIpc) is 3.05. The fourth-order valence-electron chi connectivity index (χ4n) is 4.72. The molecule has 1 aromatic heterocycles. The van der Waals surface area contributed by atoms with E-state index in [1.807, 2.05) is 42.5 Å². The van der Waals surface area contributed by atoms with Gasteiger partial charge in [0.15, 0.2) is 0 Å². The lowest BCUT2D eigenvalue weighted by Crippen LogP contribution is -2.36. The number of halogens is 3. The number of benzene rings is 5. The van der Waals surface area contributed by atoms with Crippen LogP contribution < -0.4 is 15.7 Å². The Hall–Kier alpha value is -4.67. The highest BCUT2D eigenvalue weighted by Crippen LogP contribution is 2.34. The standard InChI is InChI=1S/C34H24Cl3N5O3S/c35-27-11-4-1-9-23(27)21-38-24-16-18-25(19-17-24)46(44,45)41-42-32(39-31-15-6-3-10-26(31)34(42)43)20-22-8-2-5-14-30(22)40-33-28(36)12-7-13-29(33)37/h1-19,21,40-41H,20H2. The molecule has 6 rings (SSSR count). The minimum Gasteiger partial charge on any atom is -0.353 e. The lowest BCUT2D eigenvalue weighted by Gasteiger charge is -2.18. The van der Waals surface area contributed by atoms with Crippen molar-refractivity contribution in [2.75, 3.05) is 10.1 Å². The molecule has 0 atom stereocenters.